The van der Waals surface area contributed by atoms with Crippen LogP contribution in [0.3, 0.4) is 0 Å². The summed E-state index contributed by atoms with van der Waals surface area (Å²) in [5.74, 6) is 0.412. The Kier molecular flexibility index (Phi) is 4.39. The minimum Gasteiger partial charge on any atom is -0.414 e. The van der Waals surface area contributed by atoms with Crippen LogP contribution in [0, 0.1) is 0 Å². The van der Waals surface area contributed by atoms with Gasteiger partial charge in [0.1, 0.15) is 11.8 Å². The van der Waals surface area contributed by atoms with E-state index in [1.165, 1.54) is 6.33 Å². The highest BCUT2D eigenvalue weighted by Gasteiger charge is 2.38. The maximum Gasteiger partial charge on any atom is 0.192 e. The lowest BCUT2D eigenvalue weighted by atomic mass is 10.2. The predicted octanol–water partition coefficient (Wildman–Crippen LogP) is 2.76. The molecule has 1 saturated heterocycles. The Morgan fingerprint density at radius 2 is 2.08 bits per heavy atom. The summed E-state index contributed by atoms with van der Waals surface area (Å²) in [6.45, 7) is 12.6. The number of imidazole rings is 1. The minimum absolute atomic E-state index is 0.112. The van der Waals surface area contributed by atoms with Crippen molar-refractivity contribution in [3.63, 3.8) is 0 Å². The monoisotopic (exact) mass is 349 g/mol. The largest absolute Gasteiger partial charge is 0.414 e. The summed E-state index contributed by atoms with van der Waals surface area (Å²) >= 11 is 0. The fraction of sp³-hybridized carbons (Fsp3) is 0.688. The molecule has 7 nitrogen and oxygen atoms in total. The molecule has 1 fully saturated rings. The highest BCUT2D eigenvalue weighted by molar-refractivity contribution is 6.74. The summed E-state index contributed by atoms with van der Waals surface area (Å²) in [6.07, 6.45) is 4.26. The van der Waals surface area contributed by atoms with E-state index >= 15 is 0 Å². The zero-order valence-electron chi connectivity index (χ0n) is 15.1. The van der Waals surface area contributed by atoms with Gasteiger partial charge in [0.2, 0.25) is 0 Å². The SMILES string of the molecule is CC(C)(C)[Si](C)(C)OC[C@H]1C[C@@H](n2cnc3c(N)ncnc32)CO1. The van der Waals surface area contributed by atoms with Crippen molar-refractivity contribution >= 4 is 25.3 Å². The van der Waals surface area contributed by atoms with Crippen molar-refractivity contribution in [3.05, 3.63) is 12.7 Å². The molecule has 132 valence electrons. The van der Waals surface area contributed by atoms with Gasteiger partial charge < -0.3 is 19.5 Å². The number of nitrogens with zero attached hydrogens (tertiary/aromatic N) is 4. The molecule has 2 aromatic heterocycles. The van der Waals surface area contributed by atoms with E-state index in [0.29, 0.717) is 24.5 Å². The number of nitrogens with two attached hydrogens (primary N) is 1. The second-order valence-corrected chi connectivity index (χ2v) is 12.8. The normalized spacial score (nSPS) is 22.4. The second-order valence-electron chi connectivity index (χ2n) is 8.00. The summed E-state index contributed by atoms with van der Waals surface area (Å²) in [7, 11) is -1.75. The third kappa shape index (κ3) is 3.18. The van der Waals surface area contributed by atoms with Crippen molar-refractivity contribution in [2.24, 2.45) is 0 Å². The van der Waals surface area contributed by atoms with Gasteiger partial charge in [0.15, 0.2) is 19.8 Å². The summed E-state index contributed by atoms with van der Waals surface area (Å²) < 4.78 is 14.3. The molecule has 1 aliphatic heterocycles. The molecule has 0 amide bonds. The lowest BCUT2D eigenvalue weighted by Crippen LogP contribution is -2.42. The standard InChI is InChI=1S/C16H27N5O2Si/c1-16(2,3)24(4,5)23-8-12-6-11(7-22-12)21-10-20-13-14(17)18-9-19-15(13)21/h9-12H,6-8H2,1-5H3,(H2,17,18,19)/t11-,12-/m1/s1. The molecular formula is C16H27N5O2Si. The molecule has 24 heavy (non-hydrogen) atoms. The first-order valence-corrected chi connectivity index (χ1v) is 11.3. The third-order valence-electron chi connectivity index (χ3n) is 5.28. The van der Waals surface area contributed by atoms with E-state index in [1.54, 1.807) is 6.33 Å². The molecule has 3 rings (SSSR count). The van der Waals surface area contributed by atoms with Gasteiger partial charge in [-0.2, -0.15) is 0 Å². The maximum absolute atomic E-state index is 6.29. The zero-order valence-corrected chi connectivity index (χ0v) is 16.1. The molecule has 0 saturated carbocycles. The van der Waals surface area contributed by atoms with Crippen LogP contribution in [0.5, 0.6) is 0 Å². The zero-order chi connectivity index (χ0) is 17.5. The summed E-state index contributed by atoms with van der Waals surface area (Å²) in [4.78, 5) is 12.6. The molecule has 0 aliphatic carbocycles. The van der Waals surface area contributed by atoms with E-state index in [-0.39, 0.29) is 17.2 Å². The third-order valence-corrected chi connectivity index (χ3v) is 9.78. The van der Waals surface area contributed by atoms with Gasteiger partial charge in [0.25, 0.3) is 0 Å². The Morgan fingerprint density at radius 3 is 2.79 bits per heavy atom. The second kappa shape index (κ2) is 6.09. The summed E-state index contributed by atoms with van der Waals surface area (Å²) in [5, 5.41) is 0.208. The van der Waals surface area contributed by atoms with Gasteiger partial charge in [-0.3, -0.25) is 0 Å². The van der Waals surface area contributed by atoms with Crippen molar-refractivity contribution in [2.45, 2.75) is 57.5 Å². The number of fused-ring (bicyclic) bond motifs is 1. The molecule has 0 aromatic carbocycles. The highest BCUT2D eigenvalue weighted by atomic mass is 28.4. The quantitative estimate of drug-likeness (QED) is 0.854. The van der Waals surface area contributed by atoms with Gasteiger partial charge in [-0.25, -0.2) is 15.0 Å². The Balaban J connectivity index is 1.66. The van der Waals surface area contributed by atoms with Gasteiger partial charge in [0, 0.05) is 0 Å². The smallest absolute Gasteiger partial charge is 0.192 e. The van der Waals surface area contributed by atoms with Crippen molar-refractivity contribution in [1.82, 2.24) is 19.5 Å². The van der Waals surface area contributed by atoms with Crippen LogP contribution in [-0.4, -0.2) is 47.2 Å². The molecule has 0 bridgehead atoms. The van der Waals surface area contributed by atoms with Crippen molar-refractivity contribution in [3.8, 4) is 0 Å². The number of ether oxygens (including phenoxy) is 1. The van der Waals surface area contributed by atoms with Crippen LogP contribution >= 0.6 is 0 Å². The fourth-order valence-corrected chi connectivity index (χ4v) is 3.69. The molecule has 0 unspecified atom stereocenters. The fourth-order valence-electron chi connectivity index (χ4n) is 2.65. The first-order chi connectivity index (χ1) is 11.2. The molecule has 8 heteroatoms. The molecule has 0 radical (unpaired) electrons. The number of hydrogen-bond acceptors (Lipinski definition) is 6. The van der Waals surface area contributed by atoms with E-state index in [9.17, 15) is 0 Å². The number of nitrogen functional groups attached to an aromatic ring is 1. The predicted molar refractivity (Wildman–Crippen MR) is 96.3 cm³/mol. The van der Waals surface area contributed by atoms with Crippen LogP contribution in [0.2, 0.25) is 18.1 Å². The van der Waals surface area contributed by atoms with Crippen LogP contribution in [0.25, 0.3) is 11.2 Å². The van der Waals surface area contributed by atoms with Crippen LogP contribution in [0.1, 0.15) is 33.2 Å². The number of anilines is 1. The summed E-state index contributed by atoms with van der Waals surface area (Å²) in [6, 6.07) is 0.206. The maximum atomic E-state index is 6.29. The van der Waals surface area contributed by atoms with Crippen molar-refractivity contribution in [2.75, 3.05) is 18.9 Å². The lowest BCUT2D eigenvalue weighted by Gasteiger charge is -2.36. The van der Waals surface area contributed by atoms with Gasteiger partial charge in [-0.15, -0.1) is 0 Å². The minimum atomic E-state index is -1.75. The van der Waals surface area contributed by atoms with Crippen LogP contribution in [0.4, 0.5) is 5.82 Å². The Labute approximate surface area is 143 Å². The molecule has 0 spiro atoms. The van der Waals surface area contributed by atoms with E-state index in [2.05, 4.69) is 48.8 Å². The Bertz CT molecular complexity index is 725. The van der Waals surface area contributed by atoms with E-state index in [4.69, 9.17) is 14.9 Å². The van der Waals surface area contributed by atoms with Crippen LogP contribution in [-0.2, 0) is 9.16 Å². The van der Waals surface area contributed by atoms with E-state index < -0.39 is 8.32 Å². The molecule has 2 aromatic rings. The van der Waals surface area contributed by atoms with Gasteiger partial charge in [-0.1, -0.05) is 20.8 Å². The molecule has 3 heterocycles. The molecule has 2 N–H and O–H groups in total. The first-order valence-electron chi connectivity index (χ1n) is 8.37. The van der Waals surface area contributed by atoms with Gasteiger partial charge >= 0.3 is 0 Å². The van der Waals surface area contributed by atoms with E-state index in [1.807, 2.05) is 4.57 Å². The highest BCUT2D eigenvalue weighted by Crippen LogP contribution is 2.37. The topological polar surface area (TPSA) is 88.1 Å². The number of hydrogen-bond donors (Lipinski definition) is 1. The number of rotatable bonds is 4. The van der Waals surface area contributed by atoms with Crippen molar-refractivity contribution in [1.29, 1.82) is 0 Å². The van der Waals surface area contributed by atoms with Crippen molar-refractivity contribution < 1.29 is 9.16 Å². The Morgan fingerprint density at radius 1 is 1.33 bits per heavy atom. The average molecular weight is 350 g/mol. The van der Waals surface area contributed by atoms with Crippen LogP contribution < -0.4 is 5.73 Å². The number of aromatic nitrogens is 4. The molecular weight excluding hydrogens is 322 g/mol. The van der Waals surface area contributed by atoms with Gasteiger partial charge in [-0.05, 0) is 24.6 Å². The summed E-state index contributed by atoms with van der Waals surface area (Å²) in [5.41, 5.74) is 7.28. The average Bonchev–Trinajstić information content (AvgIpc) is 3.10. The first kappa shape index (κ1) is 17.3. The molecule has 1 aliphatic rings. The molecule has 2 atom stereocenters. The van der Waals surface area contributed by atoms with E-state index in [0.717, 1.165) is 12.1 Å². The van der Waals surface area contributed by atoms with Crippen LogP contribution in [0.15, 0.2) is 12.7 Å². The van der Waals surface area contributed by atoms with Gasteiger partial charge in [0.05, 0.1) is 31.7 Å². The Hall–Kier alpha value is -1.51. The lowest BCUT2D eigenvalue weighted by molar-refractivity contribution is 0.0613.